The molecule has 0 saturated heterocycles. The molecular weight excluding hydrogens is 725 g/mol. The number of nitriles is 1. The van der Waals surface area contributed by atoms with E-state index in [0.29, 0.717) is 23.0 Å². The van der Waals surface area contributed by atoms with Gasteiger partial charge in [0.2, 0.25) is 0 Å². The monoisotopic (exact) mass is 756 g/mol. The SMILES string of the molecule is N#Cc1ccccc1-c1cccc2c1-c1c(-c3ccc(-c4nc(-c5ccccc5)nc(-c5ccccc5)n4)cc3)cccc1C21c2ccccc2Sc2ccccc21. The maximum absolute atomic E-state index is 10.4. The van der Waals surface area contributed by atoms with E-state index in [1.165, 1.54) is 37.6 Å². The van der Waals surface area contributed by atoms with Gasteiger partial charge in [0, 0.05) is 32.0 Å². The maximum Gasteiger partial charge on any atom is 0.164 e. The molecule has 1 spiro atoms. The standard InChI is InChI=1S/C53H32N4S/c54-33-38-19-7-8-20-39(38)41-22-14-26-45-49(41)48-40(21-13-25-44(48)53(45)42-23-9-11-27-46(42)58-47-28-12-10-24-43(47)53)34-29-31-37(32-30-34)52-56-50(35-15-3-1-4-16-35)55-51(57-52)36-17-5-2-6-18-36/h1-32H. The summed E-state index contributed by atoms with van der Waals surface area (Å²) in [5.74, 6) is 1.88. The summed E-state index contributed by atoms with van der Waals surface area (Å²) in [4.78, 5) is 17.4. The first kappa shape index (κ1) is 33.9. The third-order valence-electron chi connectivity index (χ3n) is 11.5. The molecule has 5 heteroatoms. The molecule has 4 nitrogen and oxygen atoms in total. The number of fused-ring (bicyclic) bond motifs is 9. The number of hydrogen-bond donors (Lipinski definition) is 0. The van der Waals surface area contributed by atoms with Crippen molar-refractivity contribution < 1.29 is 0 Å². The Morgan fingerprint density at radius 3 is 1.34 bits per heavy atom. The van der Waals surface area contributed by atoms with E-state index < -0.39 is 5.41 Å². The van der Waals surface area contributed by atoms with Crippen LogP contribution in [0, 0.1) is 11.3 Å². The summed E-state index contributed by atoms with van der Waals surface area (Å²) >= 11 is 1.84. The van der Waals surface area contributed by atoms with E-state index in [9.17, 15) is 5.26 Å². The van der Waals surface area contributed by atoms with Crippen LogP contribution in [0.1, 0.15) is 27.8 Å². The van der Waals surface area contributed by atoms with Gasteiger partial charge in [-0.1, -0.05) is 188 Å². The zero-order chi connectivity index (χ0) is 38.6. The lowest BCUT2D eigenvalue weighted by Gasteiger charge is -2.39. The van der Waals surface area contributed by atoms with E-state index in [-0.39, 0.29) is 0 Å². The predicted molar refractivity (Wildman–Crippen MR) is 233 cm³/mol. The zero-order valence-electron chi connectivity index (χ0n) is 31.2. The fourth-order valence-corrected chi connectivity index (χ4v) is 10.2. The smallest absolute Gasteiger partial charge is 0.164 e. The van der Waals surface area contributed by atoms with Crippen molar-refractivity contribution in [3.8, 4) is 73.6 Å². The summed E-state index contributed by atoms with van der Waals surface area (Å²) in [6.45, 7) is 0. The minimum absolute atomic E-state index is 0.566. The van der Waals surface area contributed by atoms with Gasteiger partial charge in [-0.25, -0.2) is 15.0 Å². The van der Waals surface area contributed by atoms with Crippen molar-refractivity contribution in [1.82, 2.24) is 15.0 Å². The normalized spacial score (nSPS) is 12.9. The van der Waals surface area contributed by atoms with Gasteiger partial charge in [0.25, 0.3) is 0 Å². The van der Waals surface area contributed by atoms with Gasteiger partial charge in [-0.3, -0.25) is 0 Å². The molecule has 9 aromatic rings. The lowest BCUT2D eigenvalue weighted by Crippen LogP contribution is -2.31. The number of nitrogens with zero attached hydrogens (tertiary/aromatic N) is 4. The van der Waals surface area contributed by atoms with Crippen LogP contribution in [0.25, 0.3) is 67.5 Å². The van der Waals surface area contributed by atoms with Crippen molar-refractivity contribution in [3.05, 3.63) is 222 Å². The second-order valence-corrected chi connectivity index (χ2v) is 15.7. The van der Waals surface area contributed by atoms with Crippen LogP contribution in [0.2, 0.25) is 0 Å². The Morgan fingerprint density at radius 1 is 0.362 bits per heavy atom. The maximum atomic E-state index is 10.4. The summed E-state index contributed by atoms with van der Waals surface area (Å²) in [6, 6.07) is 70.3. The van der Waals surface area contributed by atoms with E-state index in [1.807, 2.05) is 90.6 Å². The number of hydrogen-bond acceptors (Lipinski definition) is 5. The van der Waals surface area contributed by atoms with Crippen LogP contribution in [0.15, 0.2) is 204 Å². The van der Waals surface area contributed by atoms with E-state index in [2.05, 4.69) is 121 Å². The molecule has 11 rings (SSSR count). The molecule has 0 N–H and O–H groups in total. The van der Waals surface area contributed by atoms with E-state index >= 15 is 0 Å². The molecule has 0 bridgehead atoms. The predicted octanol–water partition coefficient (Wildman–Crippen LogP) is 12.9. The van der Waals surface area contributed by atoms with Crippen LogP contribution in [0.5, 0.6) is 0 Å². The first-order chi connectivity index (χ1) is 28.7. The van der Waals surface area contributed by atoms with Crippen molar-refractivity contribution >= 4 is 11.8 Å². The Balaban J connectivity index is 1.14. The average Bonchev–Trinajstić information content (AvgIpc) is 3.60. The van der Waals surface area contributed by atoms with Crippen LogP contribution >= 0.6 is 11.8 Å². The van der Waals surface area contributed by atoms with Crippen molar-refractivity contribution in [2.24, 2.45) is 0 Å². The minimum Gasteiger partial charge on any atom is -0.208 e. The van der Waals surface area contributed by atoms with Crippen LogP contribution in [0.4, 0.5) is 0 Å². The Bertz CT molecular complexity index is 2990. The van der Waals surface area contributed by atoms with Gasteiger partial charge in [-0.05, 0) is 68.3 Å². The van der Waals surface area contributed by atoms with Crippen LogP contribution in [-0.4, -0.2) is 15.0 Å². The highest BCUT2D eigenvalue weighted by molar-refractivity contribution is 7.99. The Kier molecular flexibility index (Phi) is 7.99. The zero-order valence-corrected chi connectivity index (χ0v) is 32.0. The Hall–Kier alpha value is -7.39. The number of aromatic nitrogens is 3. The molecule has 270 valence electrons. The van der Waals surface area contributed by atoms with E-state index in [1.54, 1.807) is 0 Å². The second-order valence-electron chi connectivity index (χ2n) is 14.6. The topological polar surface area (TPSA) is 62.5 Å². The molecule has 58 heavy (non-hydrogen) atoms. The lowest BCUT2D eigenvalue weighted by molar-refractivity contribution is 0.722. The molecule has 1 aliphatic heterocycles. The molecule has 1 aliphatic carbocycles. The second kappa shape index (κ2) is 13.7. The van der Waals surface area contributed by atoms with Crippen LogP contribution < -0.4 is 0 Å². The van der Waals surface area contributed by atoms with Crippen molar-refractivity contribution in [2.75, 3.05) is 0 Å². The van der Waals surface area contributed by atoms with Crippen molar-refractivity contribution in [2.45, 2.75) is 15.2 Å². The highest BCUT2D eigenvalue weighted by Crippen LogP contribution is 2.64. The molecule has 1 aromatic heterocycles. The van der Waals surface area contributed by atoms with Crippen molar-refractivity contribution in [3.63, 3.8) is 0 Å². The molecule has 0 saturated carbocycles. The number of benzene rings is 8. The van der Waals surface area contributed by atoms with Gasteiger partial charge < -0.3 is 0 Å². The molecule has 8 aromatic carbocycles. The Morgan fingerprint density at radius 2 is 0.776 bits per heavy atom. The van der Waals surface area contributed by atoms with Gasteiger partial charge >= 0.3 is 0 Å². The molecular formula is C53H32N4S. The van der Waals surface area contributed by atoms with Gasteiger partial charge in [0.05, 0.1) is 17.0 Å². The molecule has 0 fully saturated rings. The molecule has 0 atom stereocenters. The molecule has 2 aliphatic rings. The summed E-state index contributed by atoms with van der Waals surface area (Å²) < 4.78 is 0. The van der Waals surface area contributed by atoms with Crippen LogP contribution in [-0.2, 0) is 5.41 Å². The summed E-state index contributed by atoms with van der Waals surface area (Å²) in [6.07, 6.45) is 0. The fourth-order valence-electron chi connectivity index (χ4n) is 9.01. The van der Waals surface area contributed by atoms with E-state index in [0.717, 1.165) is 44.5 Å². The van der Waals surface area contributed by atoms with E-state index in [4.69, 9.17) is 15.0 Å². The first-order valence-corrected chi connectivity index (χ1v) is 20.2. The highest BCUT2D eigenvalue weighted by atomic mass is 32.2. The molecule has 0 radical (unpaired) electrons. The summed E-state index contributed by atoms with van der Waals surface area (Å²) in [5.41, 5.74) is 14.4. The molecule has 0 unspecified atom stereocenters. The minimum atomic E-state index is -0.566. The van der Waals surface area contributed by atoms with Gasteiger partial charge in [0.1, 0.15) is 0 Å². The Labute approximate surface area is 341 Å². The van der Waals surface area contributed by atoms with Gasteiger partial charge in [0.15, 0.2) is 17.5 Å². The van der Waals surface area contributed by atoms with Crippen molar-refractivity contribution in [1.29, 1.82) is 5.26 Å². The fraction of sp³-hybridized carbons (Fsp3) is 0.0189. The first-order valence-electron chi connectivity index (χ1n) is 19.3. The average molecular weight is 757 g/mol. The lowest BCUT2D eigenvalue weighted by atomic mass is 9.67. The molecule has 2 heterocycles. The highest BCUT2D eigenvalue weighted by Gasteiger charge is 2.51. The van der Waals surface area contributed by atoms with Gasteiger partial charge in [-0.15, -0.1) is 0 Å². The largest absolute Gasteiger partial charge is 0.208 e. The quantitative estimate of drug-likeness (QED) is 0.175. The van der Waals surface area contributed by atoms with Gasteiger partial charge in [-0.2, -0.15) is 5.26 Å². The summed E-state index contributed by atoms with van der Waals surface area (Å²) in [7, 11) is 0. The molecule has 0 amide bonds. The third-order valence-corrected chi connectivity index (χ3v) is 12.6. The van der Waals surface area contributed by atoms with Crippen LogP contribution in [0.3, 0.4) is 0 Å². The summed E-state index contributed by atoms with van der Waals surface area (Å²) in [5, 5.41) is 10.4. The third kappa shape index (κ3) is 5.20. The number of rotatable bonds is 5.